The van der Waals surface area contributed by atoms with Gasteiger partial charge in [0.05, 0.1) is 23.1 Å². The molecule has 2 aromatic carbocycles. The van der Waals surface area contributed by atoms with E-state index in [1.54, 1.807) is 35.2 Å². The summed E-state index contributed by atoms with van der Waals surface area (Å²) in [6.07, 6.45) is 0.752. The molecule has 1 fully saturated rings. The minimum absolute atomic E-state index is 0.0518. The Labute approximate surface area is 183 Å². The number of esters is 1. The van der Waals surface area contributed by atoms with E-state index in [1.165, 1.54) is 23.9 Å². The molecule has 4 nitrogen and oxygen atoms in total. The van der Waals surface area contributed by atoms with Gasteiger partial charge in [0.1, 0.15) is 17.2 Å². The molecule has 154 valence electrons. The number of hydrogen-bond acceptors (Lipinski definition) is 4. The van der Waals surface area contributed by atoms with Crippen LogP contribution < -0.4 is 0 Å². The normalized spacial score (nSPS) is 18.7. The van der Waals surface area contributed by atoms with Crippen LogP contribution in [0.2, 0.25) is 10.0 Å². The number of nitrogens with zero attached hydrogens (tertiary/aromatic N) is 1. The lowest BCUT2D eigenvalue weighted by Gasteiger charge is -2.29. The first-order valence-electron chi connectivity index (χ1n) is 9.19. The second-order valence-electron chi connectivity index (χ2n) is 6.65. The minimum atomic E-state index is -0.695. The average molecular weight is 456 g/mol. The van der Waals surface area contributed by atoms with Gasteiger partial charge in [-0.3, -0.25) is 4.79 Å². The third-order valence-corrected chi connectivity index (χ3v) is 6.57. The van der Waals surface area contributed by atoms with E-state index in [-0.39, 0.29) is 18.1 Å². The highest BCUT2D eigenvalue weighted by molar-refractivity contribution is 7.99. The smallest absolute Gasteiger partial charge is 0.329 e. The first-order chi connectivity index (χ1) is 13.9. The van der Waals surface area contributed by atoms with Crippen molar-refractivity contribution in [2.75, 3.05) is 12.4 Å². The standard InChI is InChI=1S/C21H20Cl2FNO3S/c1-2-9-28-21(27)18-12-29-20(14-5-8-16(22)17(23)11-14)25(18)19(26)10-13-3-6-15(24)7-4-13/h3-8,11,18,20H,2,9-10,12H2,1H3. The molecule has 0 bridgehead atoms. The van der Waals surface area contributed by atoms with Gasteiger partial charge in [0.2, 0.25) is 5.91 Å². The van der Waals surface area contributed by atoms with E-state index in [9.17, 15) is 14.0 Å². The summed E-state index contributed by atoms with van der Waals surface area (Å²) < 4.78 is 18.5. The van der Waals surface area contributed by atoms with Crippen molar-refractivity contribution in [2.45, 2.75) is 31.2 Å². The summed E-state index contributed by atoms with van der Waals surface area (Å²) in [7, 11) is 0. The van der Waals surface area contributed by atoms with Crippen molar-refractivity contribution in [3.63, 3.8) is 0 Å². The molecular weight excluding hydrogens is 436 g/mol. The molecule has 2 unspecified atom stereocenters. The summed E-state index contributed by atoms with van der Waals surface area (Å²) >= 11 is 13.7. The number of benzene rings is 2. The molecule has 0 radical (unpaired) electrons. The summed E-state index contributed by atoms with van der Waals surface area (Å²) in [5.74, 6) is -0.610. The maximum atomic E-state index is 13.2. The molecule has 1 aliphatic heterocycles. The molecule has 1 aliphatic rings. The maximum absolute atomic E-state index is 13.2. The van der Waals surface area contributed by atoms with Gasteiger partial charge in [-0.05, 0) is 41.8 Å². The van der Waals surface area contributed by atoms with E-state index >= 15 is 0 Å². The molecule has 29 heavy (non-hydrogen) atoms. The Hall–Kier alpha value is -1.76. The highest BCUT2D eigenvalue weighted by Crippen LogP contribution is 2.43. The van der Waals surface area contributed by atoms with Crippen LogP contribution in [0.5, 0.6) is 0 Å². The highest BCUT2D eigenvalue weighted by atomic mass is 35.5. The van der Waals surface area contributed by atoms with Gasteiger partial charge in [-0.1, -0.05) is 48.3 Å². The Balaban J connectivity index is 1.88. The summed E-state index contributed by atoms with van der Waals surface area (Å²) in [5, 5.41) is 0.408. The zero-order chi connectivity index (χ0) is 21.0. The van der Waals surface area contributed by atoms with Crippen molar-refractivity contribution in [3.05, 3.63) is 69.5 Å². The Kier molecular flexibility index (Phi) is 7.44. The Bertz CT molecular complexity index is 894. The van der Waals surface area contributed by atoms with Crippen LogP contribution in [0.1, 0.15) is 29.8 Å². The molecule has 3 rings (SSSR count). The van der Waals surface area contributed by atoms with Crippen molar-refractivity contribution in [1.29, 1.82) is 0 Å². The predicted octanol–water partition coefficient (Wildman–Crippen LogP) is 5.27. The third kappa shape index (κ3) is 5.24. The zero-order valence-electron chi connectivity index (χ0n) is 15.7. The zero-order valence-corrected chi connectivity index (χ0v) is 18.1. The molecule has 2 aromatic rings. The lowest BCUT2D eigenvalue weighted by Crippen LogP contribution is -2.44. The number of carbonyl (C=O) groups is 2. The van der Waals surface area contributed by atoms with Crippen LogP contribution in [0, 0.1) is 5.82 Å². The second-order valence-corrected chi connectivity index (χ2v) is 8.57. The largest absolute Gasteiger partial charge is 0.464 e. The van der Waals surface area contributed by atoms with Crippen molar-refractivity contribution >= 4 is 46.8 Å². The van der Waals surface area contributed by atoms with Gasteiger partial charge in [-0.2, -0.15) is 0 Å². The van der Waals surface area contributed by atoms with Crippen LogP contribution in [-0.4, -0.2) is 35.2 Å². The van der Waals surface area contributed by atoms with Gasteiger partial charge < -0.3 is 9.64 Å². The van der Waals surface area contributed by atoms with Gasteiger partial charge >= 0.3 is 5.97 Å². The fourth-order valence-electron chi connectivity index (χ4n) is 3.08. The Morgan fingerprint density at radius 3 is 2.55 bits per heavy atom. The number of ether oxygens (including phenoxy) is 1. The van der Waals surface area contributed by atoms with E-state index in [0.717, 1.165) is 5.56 Å². The highest BCUT2D eigenvalue weighted by Gasteiger charge is 2.43. The number of rotatable bonds is 6. The van der Waals surface area contributed by atoms with Gasteiger partial charge in [0, 0.05) is 5.75 Å². The number of amides is 1. The number of carbonyl (C=O) groups excluding carboxylic acids is 2. The van der Waals surface area contributed by atoms with Gasteiger partial charge in [0.25, 0.3) is 0 Å². The van der Waals surface area contributed by atoms with Crippen molar-refractivity contribution in [2.24, 2.45) is 0 Å². The molecule has 1 amide bonds. The van der Waals surface area contributed by atoms with Gasteiger partial charge in [-0.25, -0.2) is 9.18 Å². The number of halogens is 3. The fraction of sp³-hybridized carbons (Fsp3) is 0.333. The van der Waals surface area contributed by atoms with Crippen LogP contribution in [0.4, 0.5) is 4.39 Å². The van der Waals surface area contributed by atoms with E-state index in [0.29, 0.717) is 34.4 Å². The SMILES string of the molecule is CCCOC(=O)C1CSC(c2ccc(Cl)c(Cl)c2)N1C(=O)Cc1ccc(F)cc1. The molecule has 0 N–H and O–H groups in total. The molecule has 0 aromatic heterocycles. The minimum Gasteiger partial charge on any atom is -0.464 e. The summed E-state index contributed by atoms with van der Waals surface area (Å²) in [6.45, 7) is 2.21. The molecule has 2 atom stereocenters. The topological polar surface area (TPSA) is 46.6 Å². The first kappa shape index (κ1) is 21.9. The quantitative estimate of drug-likeness (QED) is 0.556. The number of thioether (sulfide) groups is 1. The molecule has 0 spiro atoms. The van der Waals surface area contributed by atoms with E-state index in [2.05, 4.69) is 0 Å². The van der Waals surface area contributed by atoms with Crippen molar-refractivity contribution < 1.29 is 18.7 Å². The molecule has 8 heteroatoms. The van der Waals surface area contributed by atoms with E-state index in [1.807, 2.05) is 6.92 Å². The monoisotopic (exact) mass is 455 g/mol. The fourth-order valence-corrected chi connectivity index (χ4v) is 4.81. The Morgan fingerprint density at radius 2 is 1.90 bits per heavy atom. The van der Waals surface area contributed by atoms with Gasteiger partial charge in [-0.15, -0.1) is 11.8 Å². The van der Waals surface area contributed by atoms with E-state index in [4.69, 9.17) is 27.9 Å². The summed E-state index contributed by atoms with van der Waals surface area (Å²) in [4.78, 5) is 27.3. The lowest BCUT2D eigenvalue weighted by atomic mass is 10.1. The van der Waals surface area contributed by atoms with Crippen molar-refractivity contribution in [3.8, 4) is 0 Å². The molecule has 1 saturated heterocycles. The average Bonchev–Trinajstić information content (AvgIpc) is 3.15. The lowest BCUT2D eigenvalue weighted by molar-refractivity contribution is -0.154. The second kappa shape index (κ2) is 9.83. The van der Waals surface area contributed by atoms with Crippen LogP contribution >= 0.6 is 35.0 Å². The maximum Gasteiger partial charge on any atom is 0.329 e. The van der Waals surface area contributed by atoms with Crippen LogP contribution in [0.15, 0.2) is 42.5 Å². The molecule has 1 heterocycles. The molecule has 0 aliphatic carbocycles. The van der Waals surface area contributed by atoms with Crippen LogP contribution in [0.3, 0.4) is 0 Å². The van der Waals surface area contributed by atoms with Crippen LogP contribution in [0.25, 0.3) is 0 Å². The third-order valence-electron chi connectivity index (χ3n) is 4.51. The summed E-state index contributed by atoms with van der Waals surface area (Å²) in [5.41, 5.74) is 1.45. The van der Waals surface area contributed by atoms with E-state index < -0.39 is 17.4 Å². The van der Waals surface area contributed by atoms with Gasteiger partial charge in [0.15, 0.2) is 0 Å². The first-order valence-corrected chi connectivity index (χ1v) is 11.0. The van der Waals surface area contributed by atoms with Crippen molar-refractivity contribution in [1.82, 2.24) is 4.90 Å². The molecular formula is C21H20Cl2FNO3S. The summed E-state index contributed by atoms with van der Waals surface area (Å²) in [6, 6.07) is 10.2. The predicted molar refractivity (Wildman–Crippen MR) is 114 cm³/mol. The van der Waals surface area contributed by atoms with Crippen LogP contribution in [-0.2, 0) is 20.7 Å². The molecule has 0 saturated carbocycles. The Morgan fingerprint density at radius 1 is 1.17 bits per heavy atom. The number of hydrogen-bond donors (Lipinski definition) is 0.